The second-order valence-corrected chi connectivity index (χ2v) is 7.19. The van der Waals surface area contributed by atoms with Gasteiger partial charge in [-0.3, -0.25) is 4.79 Å². The van der Waals surface area contributed by atoms with Gasteiger partial charge in [-0.05, 0) is 39.0 Å². The molecule has 0 saturated carbocycles. The van der Waals surface area contributed by atoms with Crippen molar-refractivity contribution in [2.75, 3.05) is 18.9 Å². The van der Waals surface area contributed by atoms with E-state index < -0.39 is 11.7 Å². The molecule has 2 amide bonds. The lowest BCUT2D eigenvalue weighted by Gasteiger charge is -2.24. The Labute approximate surface area is 151 Å². The van der Waals surface area contributed by atoms with Crippen molar-refractivity contribution in [3.63, 3.8) is 0 Å². The molecule has 3 rings (SSSR count). The number of benzene rings is 2. The Morgan fingerprint density at radius 2 is 1.77 bits per heavy atom. The van der Waals surface area contributed by atoms with Gasteiger partial charge in [-0.25, -0.2) is 4.79 Å². The molecule has 136 valence electrons. The van der Waals surface area contributed by atoms with Gasteiger partial charge in [0.05, 0.1) is 0 Å². The highest BCUT2D eigenvalue weighted by Crippen LogP contribution is 2.30. The lowest BCUT2D eigenvalue weighted by atomic mass is 10.1. The van der Waals surface area contributed by atoms with Crippen molar-refractivity contribution in [3.8, 4) is 0 Å². The van der Waals surface area contributed by atoms with Gasteiger partial charge in [-0.1, -0.05) is 18.2 Å². The highest BCUT2D eigenvalue weighted by molar-refractivity contribution is 6.06. The summed E-state index contributed by atoms with van der Waals surface area (Å²) >= 11 is 0. The zero-order valence-electron chi connectivity index (χ0n) is 15.3. The molecule has 0 aliphatic heterocycles. The first kappa shape index (κ1) is 17.8. The lowest BCUT2D eigenvalue weighted by Crippen LogP contribution is -2.38. The number of ether oxygens (including phenoxy) is 1. The van der Waals surface area contributed by atoms with Crippen LogP contribution in [0.5, 0.6) is 0 Å². The van der Waals surface area contributed by atoms with Crippen LogP contribution in [-0.2, 0) is 9.53 Å². The van der Waals surface area contributed by atoms with E-state index in [9.17, 15) is 9.59 Å². The largest absolute Gasteiger partial charge is 0.456 e. The number of hydrogen-bond donors (Lipinski definition) is 1. The Balaban J connectivity index is 1.69. The molecular weight excluding hydrogens is 332 g/mol. The highest BCUT2D eigenvalue weighted by Gasteiger charge is 2.21. The molecule has 0 radical (unpaired) electrons. The minimum Gasteiger partial charge on any atom is -0.456 e. The van der Waals surface area contributed by atoms with Crippen molar-refractivity contribution in [2.24, 2.45) is 0 Å². The summed E-state index contributed by atoms with van der Waals surface area (Å²) in [5.74, 6) is -0.311. The zero-order chi connectivity index (χ0) is 18.9. The van der Waals surface area contributed by atoms with E-state index in [-0.39, 0.29) is 12.5 Å². The third-order valence-corrected chi connectivity index (χ3v) is 3.75. The molecule has 3 aromatic rings. The molecule has 0 spiro atoms. The summed E-state index contributed by atoms with van der Waals surface area (Å²) in [5, 5.41) is 4.80. The standard InChI is InChI=1S/C20H22N2O4/c1-20(2,3)26-19(24)22(4)12-18(23)21-13-9-10-15-14-7-5-6-8-16(14)25-17(15)11-13/h5-11H,12H2,1-4H3,(H,21,23). The first-order valence-electron chi connectivity index (χ1n) is 8.38. The predicted molar refractivity (Wildman–Crippen MR) is 101 cm³/mol. The molecule has 1 aromatic heterocycles. The molecule has 0 saturated heterocycles. The van der Waals surface area contributed by atoms with Crippen molar-refractivity contribution in [1.29, 1.82) is 0 Å². The molecule has 0 bridgehead atoms. The molecule has 0 unspecified atom stereocenters. The van der Waals surface area contributed by atoms with Gasteiger partial charge in [0.1, 0.15) is 23.3 Å². The van der Waals surface area contributed by atoms with Crippen LogP contribution in [-0.4, -0.2) is 36.1 Å². The van der Waals surface area contributed by atoms with E-state index in [1.165, 1.54) is 11.9 Å². The monoisotopic (exact) mass is 354 g/mol. The van der Waals surface area contributed by atoms with Crippen LogP contribution in [0, 0.1) is 0 Å². The molecule has 1 N–H and O–H groups in total. The number of likely N-dealkylation sites (N-methyl/N-ethyl adjacent to an activating group) is 1. The van der Waals surface area contributed by atoms with Crippen molar-refractivity contribution in [3.05, 3.63) is 42.5 Å². The maximum atomic E-state index is 12.2. The van der Waals surface area contributed by atoms with E-state index in [1.807, 2.05) is 36.4 Å². The van der Waals surface area contributed by atoms with Gasteiger partial charge in [-0.2, -0.15) is 0 Å². The smallest absolute Gasteiger partial charge is 0.410 e. The van der Waals surface area contributed by atoms with Gasteiger partial charge in [0.2, 0.25) is 5.91 Å². The Bertz CT molecular complexity index is 969. The summed E-state index contributed by atoms with van der Waals surface area (Å²) in [6.45, 7) is 5.23. The third-order valence-electron chi connectivity index (χ3n) is 3.75. The Morgan fingerprint density at radius 1 is 1.08 bits per heavy atom. The molecule has 26 heavy (non-hydrogen) atoms. The fraction of sp³-hybridized carbons (Fsp3) is 0.300. The minimum atomic E-state index is -0.603. The van der Waals surface area contributed by atoms with E-state index in [0.717, 1.165) is 16.4 Å². The zero-order valence-corrected chi connectivity index (χ0v) is 15.3. The van der Waals surface area contributed by atoms with Crippen LogP contribution in [0.15, 0.2) is 46.9 Å². The molecule has 6 nitrogen and oxygen atoms in total. The van der Waals surface area contributed by atoms with Crippen LogP contribution < -0.4 is 5.32 Å². The van der Waals surface area contributed by atoms with Gasteiger partial charge in [0.15, 0.2) is 0 Å². The molecule has 2 aromatic carbocycles. The van der Waals surface area contributed by atoms with E-state index in [1.54, 1.807) is 26.8 Å². The first-order valence-corrected chi connectivity index (χ1v) is 8.38. The minimum absolute atomic E-state index is 0.104. The summed E-state index contributed by atoms with van der Waals surface area (Å²) in [6, 6.07) is 13.3. The molecular formula is C20H22N2O4. The van der Waals surface area contributed by atoms with Gasteiger partial charge in [0, 0.05) is 29.6 Å². The van der Waals surface area contributed by atoms with Crippen LogP contribution in [0.2, 0.25) is 0 Å². The number of fused-ring (bicyclic) bond motifs is 3. The predicted octanol–water partition coefficient (Wildman–Crippen LogP) is 4.39. The summed E-state index contributed by atoms with van der Waals surface area (Å²) in [4.78, 5) is 25.4. The number of furan rings is 1. The number of carbonyl (C=O) groups is 2. The van der Waals surface area contributed by atoms with E-state index >= 15 is 0 Å². The fourth-order valence-corrected chi connectivity index (χ4v) is 2.62. The second kappa shape index (κ2) is 6.71. The summed E-state index contributed by atoms with van der Waals surface area (Å²) in [5.41, 5.74) is 1.51. The molecule has 6 heteroatoms. The highest BCUT2D eigenvalue weighted by atomic mass is 16.6. The Morgan fingerprint density at radius 3 is 2.50 bits per heavy atom. The number of anilines is 1. The third kappa shape index (κ3) is 3.96. The molecule has 0 aliphatic rings. The van der Waals surface area contributed by atoms with Crippen molar-refractivity contribution in [2.45, 2.75) is 26.4 Å². The number of rotatable bonds is 3. The van der Waals surface area contributed by atoms with Gasteiger partial charge >= 0.3 is 6.09 Å². The summed E-state index contributed by atoms with van der Waals surface area (Å²) in [6.07, 6.45) is -0.541. The fourth-order valence-electron chi connectivity index (χ4n) is 2.62. The van der Waals surface area contributed by atoms with Crippen LogP contribution in [0.3, 0.4) is 0 Å². The topological polar surface area (TPSA) is 71.8 Å². The Kier molecular flexibility index (Phi) is 4.59. The van der Waals surface area contributed by atoms with Crippen LogP contribution in [0.4, 0.5) is 10.5 Å². The van der Waals surface area contributed by atoms with E-state index in [0.29, 0.717) is 11.3 Å². The number of para-hydroxylation sites is 1. The van der Waals surface area contributed by atoms with Crippen LogP contribution in [0.25, 0.3) is 21.9 Å². The van der Waals surface area contributed by atoms with Crippen molar-refractivity contribution >= 4 is 39.6 Å². The lowest BCUT2D eigenvalue weighted by molar-refractivity contribution is -0.117. The van der Waals surface area contributed by atoms with E-state index in [2.05, 4.69) is 5.32 Å². The maximum absolute atomic E-state index is 12.2. The first-order chi connectivity index (χ1) is 12.2. The SMILES string of the molecule is CN(CC(=O)Nc1ccc2c(c1)oc1ccccc12)C(=O)OC(C)(C)C. The number of carbonyl (C=O) groups excluding carboxylic acids is 2. The van der Waals surface area contributed by atoms with E-state index in [4.69, 9.17) is 9.15 Å². The maximum Gasteiger partial charge on any atom is 0.410 e. The average Bonchev–Trinajstić information content (AvgIpc) is 2.90. The average molecular weight is 354 g/mol. The van der Waals surface area contributed by atoms with Gasteiger partial charge in [-0.15, -0.1) is 0 Å². The number of nitrogens with one attached hydrogen (secondary N) is 1. The van der Waals surface area contributed by atoms with Gasteiger partial charge in [0.25, 0.3) is 0 Å². The quantitative estimate of drug-likeness (QED) is 0.757. The molecule has 0 aliphatic carbocycles. The molecule has 0 fully saturated rings. The Hall–Kier alpha value is -3.02. The number of amides is 2. The number of nitrogens with zero attached hydrogens (tertiary/aromatic N) is 1. The van der Waals surface area contributed by atoms with Crippen molar-refractivity contribution in [1.82, 2.24) is 4.90 Å². The number of hydrogen-bond acceptors (Lipinski definition) is 4. The summed E-state index contributed by atoms with van der Waals surface area (Å²) < 4.78 is 11.0. The van der Waals surface area contributed by atoms with Crippen LogP contribution in [0.1, 0.15) is 20.8 Å². The molecule has 1 heterocycles. The van der Waals surface area contributed by atoms with Crippen molar-refractivity contribution < 1.29 is 18.7 Å². The second-order valence-electron chi connectivity index (χ2n) is 7.19. The molecule has 0 atom stereocenters. The normalized spacial score (nSPS) is 11.5. The van der Waals surface area contributed by atoms with Crippen LogP contribution >= 0.6 is 0 Å². The summed E-state index contributed by atoms with van der Waals surface area (Å²) in [7, 11) is 1.52. The van der Waals surface area contributed by atoms with Gasteiger partial charge < -0.3 is 19.4 Å².